The van der Waals surface area contributed by atoms with Crippen molar-refractivity contribution in [2.75, 3.05) is 7.05 Å². The number of nitrogens with one attached hydrogen (secondary N) is 1. The quantitative estimate of drug-likeness (QED) is 0.865. The third kappa shape index (κ3) is 1.67. The summed E-state index contributed by atoms with van der Waals surface area (Å²) in [5.74, 6) is 1.66. The molecular weight excluding hydrogens is 230 g/mol. The van der Waals surface area contributed by atoms with Gasteiger partial charge in [-0.3, -0.25) is 0 Å². The van der Waals surface area contributed by atoms with Crippen LogP contribution in [0.3, 0.4) is 0 Å². The third-order valence-electron chi connectivity index (χ3n) is 2.87. The van der Waals surface area contributed by atoms with Crippen LogP contribution in [-0.4, -0.2) is 13.1 Å². The van der Waals surface area contributed by atoms with E-state index in [-0.39, 0.29) is 0 Å². The molecule has 3 heteroatoms. The van der Waals surface area contributed by atoms with Crippen LogP contribution in [0.1, 0.15) is 30.9 Å². The van der Waals surface area contributed by atoms with E-state index in [4.69, 9.17) is 4.42 Å². The first-order valence-corrected chi connectivity index (χ1v) is 5.52. The molecule has 0 aliphatic heterocycles. The Labute approximate surface area is 86.8 Å². The third-order valence-corrected chi connectivity index (χ3v) is 3.52. The fourth-order valence-corrected chi connectivity index (χ4v) is 2.68. The molecule has 1 fully saturated rings. The predicted molar refractivity (Wildman–Crippen MR) is 55.8 cm³/mol. The summed E-state index contributed by atoms with van der Waals surface area (Å²) >= 11 is 3.51. The van der Waals surface area contributed by atoms with E-state index in [0.29, 0.717) is 12.0 Å². The number of furan rings is 1. The van der Waals surface area contributed by atoms with Crippen LogP contribution in [0.5, 0.6) is 0 Å². The van der Waals surface area contributed by atoms with E-state index in [2.05, 4.69) is 21.2 Å². The zero-order valence-corrected chi connectivity index (χ0v) is 9.30. The first-order valence-electron chi connectivity index (χ1n) is 4.73. The molecule has 1 N–H and O–H groups in total. The first kappa shape index (κ1) is 9.28. The van der Waals surface area contributed by atoms with Crippen molar-refractivity contribution in [1.82, 2.24) is 5.32 Å². The van der Waals surface area contributed by atoms with Crippen molar-refractivity contribution in [3.8, 4) is 0 Å². The minimum atomic E-state index is 0.550. The van der Waals surface area contributed by atoms with Gasteiger partial charge in [-0.05, 0) is 41.9 Å². The van der Waals surface area contributed by atoms with Gasteiger partial charge in [0, 0.05) is 12.0 Å². The van der Waals surface area contributed by atoms with Gasteiger partial charge in [-0.2, -0.15) is 0 Å². The van der Waals surface area contributed by atoms with E-state index in [1.807, 2.05) is 13.1 Å². The largest absolute Gasteiger partial charge is 0.468 e. The normalized spacial score (nSPS) is 28.2. The molecule has 1 heterocycles. The number of hydrogen-bond donors (Lipinski definition) is 1. The minimum Gasteiger partial charge on any atom is -0.468 e. The van der Waals surface area contributed by atoms with Gasteiger partial charge >= 0.3 is 0 Å². The molecule has 72 valence electrons. The van der Waals surface area contributed by atoms with Crippen molar-refractivity contribution >= 4 is 15.9 Å². The van der Waals surface area contributed by atoms with Crippen LogP contribution < -0.4 is 5.32 Å². The smallest absolute Gasteiger partial charge is 0.122 e. The van der Waals surface area contributed by atoms with Crippen molar-refractivity contribution in [2.24, 2.45) is 0 Å². The molecule has 0 saturated heterocycles. The van der Waals surface area contributed by atoms with E-state index in [1.165, 1.54) is 19.3 Å². The molecule has 2 rings (SSSR count). The van der Waals surface area contributed by atoms with Gasteiger partial charge in [-0.25, -0.2) is 0 Å². The molecule has 13 heavy (non-hydrogen) atoms. The number of likely N-dealkylation sites (N-methyl/N-ethyl adjacent to an activating group) is 1. The Hall–Kier alpha value is -0.280. The monoisotopic (exact) mass is 243 g/mol. The Balaban J connectivity index is 2.20. The molecule has 0 aromatic carbocycles. The first-order chi connectivity index (χ1) is 6.33. The Morgan fingerprint density at radius 2 is 2.38 bits per heavy atom. The molecule has 2 unspecified atom stereocenters. The van der Waals surface area contributed by atoms with E-state index >= 15 is 0 Å². The molecule has 0 spiro atoms. The molecule has 0 radical (unpaired) electrons. The Kier molecular flexibility index (Phi) is 2.74. The van der Waals surface area contributed by atoms with Gasteiger partial charge in [0.05, 0.1) is 10.7 Å². The Morgan fingerprint density at radius 3 is 3.00 bits per heavy atom. The Bertz CT molecular complexity index is 284. The summed E-state index contributed by atoms with van der Waals surface area (Å²) in [6, 6.07) is 2.56. The lowest BCUT2D eigenvalue weighted by molar-refractivity contribution is 0.416. The summed E-state index contributed by atoms with van der Waals surface area (Å²) in [5.41, 5.74) is 0. The van der Waals surface area contributed by atoms with Crippen LogP contribution in [0, 0.1) is 0 Å². The van der Waals surface area contributed by atoms with Crippen molar-refractivity contribution < 1.29 is 4.42 Å². The summed E-state index contributed by atoms with van der Waals surface area (Å²) in [5, 5.41) is 3.35. The summed E-state index contributed by atoms with van der Waals surface area (Å²) in [7, 11) is 2.03. The van der Waals surface area contributed by atoms with E-state index < -0.39 is 0 Å². The fraction of sp³-hybridized carbons (Fsp3) is 0.600. The van der Waals surface area contributed by atoms with Crippen LogP contribution in [0.4, 0.5) is 0 Å². The van der Waals surface area contributed by atoms with Crippen LogP contribution in [-0.2, 0) is 0 Å². The summed E-state index contributed by atoms with van der Waals surface area (Å²) in [6.45, 7) is 0. The van der Waals surface area contributed by atoms with Crippen LogP contribution in [0.2, 0.25) is 0 Å². The molecule has 2 atom stereocenters. The number of hydrogen-bond acceptors (Lipinski definition) is 2. The summed E-state index contributed by atoms with van der Waals surface area (Å²) in [6.07, 6.45) is 5.54. The zero-order chi connectivity index (χ0) is 9.26. The molecule has 1 aromatic heterocycles. The zero-order valence-electron chi connectivity index (χ0n) is 7.72. The van der Waals surface area contributed by atoms with E-state index in [9.17, 15) is 0 Å². The van der Waals surface area contributed by atoms with Gasteiger partial charge < -0.3 is 9.73 Å². The second kappa shape index (κ2) is 3.84. The van der Waals surface area contributed by atoms with Gasteiger partial charge in [-0.15, -0.1) is 0 Å². The highest BCUT2D eigenvalue weighted by molar-refractivity contribution is 9.10. The number of halogens is 1. The molecular formula is C10H14BrNO. The van der Waals surface area contributed by atoms with Gasteiger partial charge in [0.2, 0.25) is 0 Å². The highest BCUT2D eigenvalue weighted by Gasteiger charge is 2.30. The van der Waals surface area contributed by atoms with Gasteiger partial charge in [0.15, 0.2) is 0 Å². The molecule has 1 aliphatic carbocycles. The predicted octanol–water partition coefficient (Wildman–Crippen LogP) is 2.90. The highest BCUT2D eigenvalue weighted by Crippen LogP contribution is 2.38. The van der Waals surface area contributed by atoms with Crippen molar-refractivity contribution in [1.29, 1.82) is 0 Å². The maximum absolute atomic E-state index is 5.49. The lowest BCUT2D eigenvalue weighted by atomic mass is 10.0. The fourth-order valence-electron chi connectivity index (χ4n) is 2.19. The minimum absolute atomic E-state index is 0.550. The second-order valence-corrected chi connectivity index (χ2v) is 4.42. The van der Waals surface area contributed by atoms with Crippen LogP contribution >= 0.6 is 15.9 Å². The lowest BCUT2D eigenvalue weighted by Gasteiger charge is -2.16. The van der Waals surface area contributed by atoms with Gasteiger partial charge in [-0.1, -0.05) is 6.42 Å². The number of rotatable bonds is 2. The lowest BCUT2D eigenvalue weighted by Crippen LogP contribution is -2.27. The summed E-state index contributed by atoms with van der Waals surface area (Å²) in [4.78, 5) is 0. The molecule has 1 aliphatic rings. The van der Waals surface area contributed by atoms with Crippen LogP contribution in [0.15, 0.2) is 21.2 Å². The molecule has 1 aromatic rings. The van der Waals surface area contributed by atoms with Gasteiger partial charge in [0.1, 0.15) is 5.76 Å². The maximum Gasteiger partial charge on any atom is 0.122 e. The average molecular weight is 244 g/mol. The molecule has 0 bridgehead atoms. The van der Waals surface area contributed by atoms with Crippen molar-refractivity contribution in [3.05, 3.63) is 22.6 Å². The average Bonchev–Trinajstić information content (AvgIpc) is 2.71. The van der Waals surface area contributed by atoms with E-state index in [1.54, 1.807) is 6.26 Å². The maximum atomic E-state index is 5.49. The second-order valence-electron chi connectivity index (χ2n) is 3.57. The topological polar surface area (TPSA) is 25.2 Å². The van der Waals surface area contributed by atoms with Crippen molar-refractivity contribution in [2.45, 2.75) is 31.2 Å². The van der Waals surface area contributed by atoms with Crippen LogP contribution in [0.25, 0.3) is 0 Å². The molecule has 2 nitrogen and oxygen atoms in total. The van der Waals surface area contributed by atoms with E-state index in [0.717, 1.165) is 10.2 Å². The highest BCUT2D eigenvalue weighted by atomic mass is 79.9. The Morgan fingerprint density at radius 1 is 1.54 bits per heavy atom. The molecule has 0 amide bonds. The summed E-state index contributed by atoms with van der Waals surface area (Å²) < 4.78 is 6.60. The standard InChI is InChI=1S/C10H14BrNO/c1-12-9-4-2-3-7(9)10-8(11)5-6-13-10/h5-7,9,12H,2-4H2,1H3. The SMILES string of the molecule is CNC1CCCC1c1occc1Br. The van der Waals surface area contributed by atoms with Crippen molar-refractivity contribution in [3.63, 3.8) is 0 Å². The van der Waals surface area contributed by atoms with Gasteiger partial charge in [0.25, 0.3) is 0 Å². The molecule has 1 saturated carbocycles.